The third-order valence-corrected chi connectivity index (χ3v) is 6.27. The zero-order chi connectivity index (χ0) is 17.4. The van der Waals surface area contributed by atoms with Gasteiger partial charge in [0.1, 0.15) is 5.60 Å². The Kier molecular flexibility index (Phi) is 4.87. The van der Waals surface area contributed by atoms with Crippen molar-refractivity contribution in [2.24, 2.45) is 17.3 Å². The molecule has 0 radical (unpaired) electrons. The zero-order valence-corrected chi connectivity index (χ0v) is 15.4. The average molecular weight is 330 g/mol. The molecule has 1 aromatic carbocycles. The van der Waals surface area contributed by atoms with E-state index in [0.717, 1.165) is 23.5 Å². The first-order valence-electron chi connectivity index (χ1n) is 9.09. The van der Waals surface area contributed by atoms with Gasteiger partial charge in [-0.05, 0) is 55.9 Å². The maximum absolute atomic E-state index is 6.03. The molecule has 0 saturated heterocycles. The third kappa shape index (κ3) is 3.05. The van der Waals surface area contributed by atoms with E-state index in [0.29, 0.717) is 17.9 Å². The Balaban J connectivity index is 1.67. The number of rotatable bonds is 7. The quantitative estimate of drug-likeness (QED) is 0.389. The van der Waals surface area contributed by atoms with Crippen molar-refractivity contribution in [3.63, 3.8) is 0 Å². The molecule has 4 atom stereocenters. The number of fused-ring (bicyclic) bond motifs is 2. The van der Waals surface area contributed by atoms with Crippen molar-refractivity contribution < 1.29 is 14.5 Å². The van der Waals surface area contributed by atoms with Gasteiger partial charge in [0, 0.05) is 12.2 Å². The molecular formula is C21H30O3. The Labute approximate surface area is 145 Å². The van der Waals surface area contributed by atoms with E-state index in [-0.39, 0.29) is 5.60 Å². The average Bonchev–Trinajstić information content (AvgIpc) is 2.58. The minimum Gasteiger partial charge on any atom is -0.346 e. The molecule has 0 amide bonds. The molecule has 0 N–H and O–H groups in total. The number of hydrogen-bond acceptors (Lipinski definition) is 3. The maximum Gasteiger partial charge on any atom is 0.217 e. The van der Waals surface area contributed by atoms with E-state index in [1.54, 1.807) is 0 Å². The van der Waals surface area contributed by atoms with Crippen molar-refractivity contribution in [2.45, 2.75) is 58.8 Å². The molecule has 3 heteroatoms. The van der Waals surface area contributed by atoms with E-state index in [1.807, 2.05) is 37.3 Å². The van der Waals surface area contributed by atoms with Gasteiger partial charge in [-0.1, -0.05) is 50.8 Å². The van der Waals surface area contributed by atoms with Crippen LogP contribution in [0.2, 0.25) is 0 Å². The normalized spacial score (nSPS) is 32.0. The van der Waals surface area contributed by atoms with Gasteiger partial charge < -0.3 is 4.74 Å². The zero-order valence-electron chi connectivity index (χ0n) is 15.4. The van der Waals surface area contributed by atoms with Gasteiger partial charge >= 0.3 is 0 Å². The molecule has 3 nitrogen and oxygen atoms in total. The highest BCUT2D eigenvalue weighted by molar-refractivity contribution is 5.65. The molecule has 0 heterocycles. The van der Waals surface area contributed by atoms with E-state index in [4.69, 9.17) is 14.5 Å². The summed E-state index contributed by atoms with van der Waals surface area (Å²) in [7, 11) is 0. The molecule has 3 saturated carbocycles. The standard InChI is InChI=1S/C21H30O3/c1-6-22-19(15(2)16-10-8-7-9-11-16)23-24-21(5)13-12-17-14-18(21)20(17,3)4/h7-11,17-19H,2,6,12-14H2,1,3-5H3. The summed E-state index contributed by atoms with van der Waals surface area (Å²) in [6, 6.07) is 10.00. The van der Waals surface area contributed by atoms with Crippen LogP contribution in [0.15, 0.2) is 36.9 Å². The van der Waals surface area contributed by atoms with Crippen molar-refractivity contribution in [2.75, 3.05) is 6.61 Å². The van der Waals surface area contributed by atoms with E-state index >= 15 is 0 Å². The number of ether oxygens (including phenoxy) is 1. The van der Waals surface area contributed by atoms with Crippen LogP contribution in [-0.4, -0.2) is 18.5 Å². The molecule has 24 heavy (non-hydrogen) atoms. The highest BCUT2D eigenvalue weighted by atomic mass is 17.2. The van der Waals surface area contributed by atoms with Crippen LogP contribution in [0.1, 0.15) is 52.5 Å². The van der Waals surface area contributed by atoms with E-state index in [2.05, 4.69) is 27.4 Å². The largest absolute Gasteiger partial charge is 0.346 e. The molecule has 3 aliphatic rings. The van der Waals surface area contributed by atoms with Crippen molar-refractivity contribution in [1.29, 1.82) is 0 Å². The molecule has 0 aromatic heterocycles. The summed E-state index contributed by atoms with van der Waals surface area (Å²) in [5.74, 6) is 1.37. The van der Waals surface area contributed by atoms with Gasteiger partial charge in [0.2, 0.25) is 6.29 Å². The Morgan fingerprint density at radius 2 is 1.96 bits per heavy atom. The van der Waals surface area contributed by atoms with Crippen molar-refractivity contribution in [3.8, 4) is 0 Å². The predicted octanol–water partition coefficient (Wildman–Crippen LogP) is 5.23. The number of hydrogen-bond donors (Lipinski definition) is 0. The highest BCUT2D eigenvalue weighted by Crippen LogP contribution is 2.63. The summed E-state index contributed by atoms with van der Waals surface area (Å²) in [5.41, 5.74) is 1.90. The lowest BCUT2D eigenvalue weighted by Gasteiger charge is -2.63. The van der Waals surface area contributed by atoms with Gasteiger partial charge in [0.15, 0.2) is 0 Å². The van der Waals surface area contributed by atoms with Crippen LogP contribution in [0.5, 0.6) is 0 Å². The second-order valence-corrected chi connectivity index (χ2v) is 8.02. The van der Waals surface area contributed by atoms with Crippen LogP contribution < -0.4 is 0 Å². The molecule has 3 fully saturated rings. The molecule has 132 valence electrons. The predicted molar refractivity (Wildman–Crippen MR) is 96.1 cm³/mol. The molecule has 3 aliphatic carbocycles. The summed E-state index contributed by atoms with van der Waals surface area (Å²) in [4.78, 5) is 11.8. The molecule has 4 unspecified atom stereocenters. The fourth-order valence-electron chi connectivity index (χ4n) is 4.56. The lowest BCUT2D eigenvalue weighted by atomic mass is 9.44. The monoisotopic (exact) mass is 330 g/mol. The van der Waals surface area contributed by atoms with Gasteiger partial charge in [0.25, 0.3) is 0 Å². The smallest absolute Gasteiger partial charge is 0.217 e. The molecule has 0 spiro atoms. The molecule has 2 bridgehead atoms. The van der Waals surface area contributed by atoms with Crippen molar-refractivity contribution in [3.05, 3.63) is 42.5 Å². The second-order valence-electron chi connectivity index (χ2n) is 8.02. The molecule has 0 aliphatic heterocycles. The van der Waals surface area contributed by atoms with E-state index in [9.17, 15) is 0 Å². The summed E-state index contributed by atoms with van der Waals surface area (Å²) < 4.78 is 5.75. The van der Waals surface area contributed by atoms with Gasteiger partial charge in [0.05, 0.1) is 0 Å². The van der Waals surface area contributed by atoms with Crippen molar-refractivity contribution >= 4 is 5.57 Å². The SMILES string of the molecule is C=C(c1ccccc1)C(OCC)OOC1(C)CCC2CC1C2(C)C. The topological polar surface area (TPSA) is 27.7 Å². The van der Waals surface area contributed by atoms with Crippen LogP contribution in [0.4, 0.5) is 0 Å². The maximum atomic E-state index is 6.03. The molecule has 1 aromatic rings. The highest BCUT2D eigenvalue weighted by Gasteiger charge is 2.60. The fraction of sp³-hybridized carbons (Fsp3) is 0.619. The van der Waals surface area contributed by atoms with Crippen molar-refractivity contribution in [1.82, 2.24) is 0 Å². The lowest BCUT2D eigenvalue weighted by Crippen LogP contribution is -2.61. The second kappa shape index (κ2) is 6.62. The first-order valence-corrected chi connectivity index (χ1v) is 9.09. The van der Waals surface area contributed by atoms with E-state index in [1.165, 1.54) is 12.8 Å². The molecular weight excluding hydrogens is 300 g/mol. The summed E-state index contributed by atoms with van der Waals surface area (Å²) >= 11 is 0. The minimum absolute atomic E-state index is 0.245. The van der Waals surface area contributed by atoms with E-state index < -0.39 is 6.29 Å². The van der Waals surface area contributed by atoms with Crippen LogP contribution in [0.25, 0.3) is 5.57 Å². The Hall–Kier alpha value is -1.16. The summed E-state index contributed by atoms with van der Waals surface area (Å²) in [6.45, 7) is 13.6. The summed E-state index contributed by atoms with van der Waals surface area (Å²) in [5, 5.41) is 0. The van der Waals surface area contributed by atoms with Crippen LogP contribution in [-0.2, 0) is 14.5 Å². The first kappa shape index (κ1) is 17.7. The number of benzene rings is 1. The first-order chi connectivity index (χ1) is 11.4. The summed E-state index contributed by atoms with van der Waals surface area (Å²) in [6.07, 6.45) is 2.92. The van der Waals surface area contributed by atoms with Crippen LogP contribution in [0, 0.1) is 17.3 Å². The Morgan fingerprint density at radius 3 is 2.54 bits per heavy atom. The lowest BCUT2D eigenvalue weighted by molar-refractivity contribution is -0.437. The van der Waals surface area contributed by atoms with Gasteiger partial charge in [-0.15, -0.1) is 0 Å². The Bertz CT molecular complexity index is 578. The third-order valence-electron chi connectivity index (χ3n) is 6.27. The van der Waals surface area contributed by atoms with Crippen LogP contribution >= 0.6 is 0 Å². The van der Waals surface area contributed by atoms with Gasteiger partial charge in [-0.2, -0.15) is 4.89 Å². The van der Waals surface area contributed by atoms with Gasteiger partial charge in [-0.25, -0.2) is 4.89 Å². The minimum atomic E-state index is -0.574. The Morgan fingerprint density at radius 1 is 1.25 bits per heavy atom. The van der Waals surface area contributed by atoms with Gasteiger partial charge in [-0.3, -0.25) is 0 Å². The fourth-order valence-corrected chi connectivity index (χ4v) is 4.56. The van der Waals surface area contributed by atoms with Crippen LogP contribution in [0.3, 0.4) is 0 Å². The molecule has 4 rings (SSSR count).